The Labute approximate surface area is 258 Å². The number of nitrogens with zero attached hydrogens (tertiary/aromatic N) is 1. The first-order valence-corrected chi connectivity index (χ1v) is 14.7. The number of nitrogens with two attached hydrogens (primary N) is 2. The number of hydrogen-bond acceptors (Lipinski definition) is 14. The standard InChI is InChI=1S/C21H23NO.2C4H11NO3.H2O4S/c1-22(2)20(18-10-4-3-5-11-18)15-16-23-21-14-8-12-17-9-6-7-13-19(17)21;2*5-4(1-6,2-7)3-8;1-5(2,3)4/h3-14,20H,15-16H2,1-2H3;2*6-8H,1-3,5H2;(H2,1,2,3,4)/p-2/t20-;;;/m0.../s1. The fourth-order valence-corrected chi connectivity index (χ4v) is 3.30. The summed E-state index contributed by atoms with van der Waals surface area (Å²) < 4.78 is 40.2. The van der Waals surface area contributed by atoms with Gasteiger partial charge in [0, 0.05) is 28.2 Å². The maximum atomic E-state index is 8.52. The summed E-state index contributed by atoms with van der Waals surface area (Å²) in [5.74, 6) is 0.966. The minimum Gasteiger partial charge on any atom is -0.759 e. The van der Waals surface area contributed by atoms with Gasteiger partial charge >= 0.3 is 0 Å². The molecule has 0 aliphatic carbocycles. The van der Waals surface area contributed by atoms with E-state index in [0.717, 1.165) is 12.2 Å². The molecular formula is C29H45N3O11S-2. The monoisotopic (exact) mass is 643 g/mol. The van der Waals surface area contributed by atoms with Gasteiger partial charge in [-0.1, -0.05) is 66.7 Å². The molecule has 14 nitrogen and oxygen atoms in total. The van der Waals surface area contributed by atoms with Crippen LogP contribution in [0, 0.1) is 0 Å². The van der Waals surface area contributed by atoms with Crippen molar-refractivity contribution in [1.82, 2.24) is 4.90 Å². The van der Waals surface area contributed by atoms with E-state index in [-0.39, 0.29) is 0 Å². The number of ether oxygens (including phenoxy) is 1. The molecule has 3 aromatic carbocycles. The summed E-state index contributed by atoms with van der Waals surface area (Å²) in [6.45, 7) is -1.72. The number of fused-ring (bicyclic) bond motifs is 1. The van der Waals surface area contributed by atoms with Crippen molar-refractivity contribution in [3.8, 4) is 5.75 Å². The average molecular weight is 644 g/mol. The third kappa shape index (κ3) is 16.9. The predicted molar refractivity (Wildman–Crippen MR) is 164 cm³/mol. The highest BCUT2D eigenvalue weighted by atomic mass is 32.3. The zero-order valence-corrected chi connectivity index (χ0v) is 25.7. The maximum absolute atomic E-state index is 8.52. The Kier molecular flexibility index (Phi) is 19.7. The summed E-state index contributed by atoms with van der Waals surface area (Å²) in [7, 11) is -0.925. The Morgan fingerprint density at radius 1 is 0.727 bits per heavy atom. The molecule has 250 valence electrons. The third-order valence-electron chi connectivity index (χ3n) is 6.10. The van der Waals surface area contributed by atoms with Crippen LogP contribution in [0.25, 0.3) is 10.8 Å². The molecular weight excluding hydrogens is 598 g/mol. The van der Waals surface area contributed by atoms with Gasteiger partial charge in [-0.3, -0.25) is 8.42 Å². The Morgan fingerprint density at radius 2 is 1.14 bits per heavy atom. The van der Waals surface area contributed by atoms with Crippen molar-refractivity contribution in [1.29, 1.82) is 0 Å². The van der Waals surface area contributed by atoms with Crippen molar-refractivity contribution in [2.45, 2.75) is 23.5 Å². The minimum absolute atomic E-state index is 0.367. The topological polar surface area (TPSA) is 266 Å². The van der Waals surface area contributed by atoms with Crippen LogP contribution in [-0.2, 0) is 10.4 Å². The third-order valence-corrected chi connectivity index (χ3v) is 6.10. The lowest BCUT2D eigenvalue weighted by Gasteiger charge is -2.25. The molecule has 0 aromatic heterocycles. The number of aliphatic hydroxyl groups is 6. The molecule has 3 rings (SSSR count). The molecule has 0 unspecified atom stereocenters. The molecule has 0 fully saturated rings. The Bertz CT molecular complexity index is 1230. The highest BCUT2D eigenvalue weighted by Crippen LogP contribution is 2.27. The molecule has 0 saturated carbocycles. The smallest absolute Gasteiger partial charge is 0.127 e. The molecule has 0 aliphatic rings. The minimum atomic E-state index is -5.17. The van der Waals surface area contributed by atoms with E-state index in [4.69, 9.17) is 64.4 Å². The lowest BCUT2D eigenvalue weighted by Crippen LogP contribution is -2.50. The molecule has 3 aromatic rings. The van der Waals surface area contributed by atoms with E-state index in [1.165, 1.54) is 16.3 Å². The summed E-state index contributed by atoms with van der Waals surface area (Å²) in [4.78, 5) is 2.25. The number of aliphatic hydroxyl groups excluding tert-OH is 6. The lowest BCUT2D eigenvalue weighted by atomic mass is 10.0. The van der Waals surface area contributed by atoms with Crippen LogP contribution in [0.5, 0.6) is 5.75 Å². The van der Waals surface area contributed by atoms with Gasteiger partial charge in [0.25, 0.3) is 0 Å². The summed E-state index contributed by atoms with van der Waals surface area (Å²) in [6.07, 6.45) is 0.959. The summed E-state index contributed by atoms with van der Waals surface area (Å²) in [5, 5.41) is 52.4. The van der Waals surface area contributed by atoms with Crippen molar-refractivity contribution >= 4 is 21.2 Å². The van der Waals surface area contributed by atoms with E-state index >= 15 is 0 Å². The van der Waals surface area contributed by atoms with Crippen molar-refractivity contribution in [3.05, 3.63) is 78.4 Å². The van der Waals surface area contributed by atoms with Crippen LogP contribution in [0.1, 0.15) is 18.0 Å². The summed E-state index contributed by atoms with van der Waals surface area (Å²) in [5.41, 5.74) is 9.21. The fourth-order valence-electron chi connectivity index (χ4n) is 3.30. The van der Waals surface area contributed by atoms with Gasteiger partial charge in [-0.2, -0.15) is 0 Å². The van der Waals surface area contributed by atoms with E-state index in [9.17, 15) is 0 Å². The van der Waals surface area contributed by atoms with Gasteiger partial charge in [0.1, 0.15) is 5.75 Å². The van der Waals surface area contributed by atoms with E-state index in [1.807, 2.05) is 0 Å². The number of rotatable bonds is 12. The Hall–Kier alpha value is -2.77. The summed E-state index contributed by atoms with van der Waals surface area (Å²) >= 11 is 0. The van der Waals surface area contributed by atoms with Gasteiger partial charge in [0.2, 0.25) is 0 Å². The van der Waals surface area contributed by atoms with Gasteiger partial charge in [0.15, 0.2) is 0 Å². The Morgan fingerprint density at radius 3 is 1.55 bits per heavy atom. The van der Waals surface area contributed by atoms with Gasteiger partial charge in [-0.25, -0.2) is 0 Å². The zero-order valence-electron chi connectivity index (χ0n) is 24.9. The van der Waals surface area contributed by atoms with Crippen molar-refractivity contribution in [3.63, 3.8) is 0 Å². The van der Waals surface area contributed by atoms with Crippen LogP contribution >= 0.6 is 0 Å². The molecule has 10 N–H and O–H groups in total. The molecule has 1 atom stereocenters. The van der Waals surface area contributed by atoms with Gasteiger partial charge in [0.05, 0.1) is 57.3 Å². The molecule has 0 amide bonds. The van der Waals surface area contributed by atoms with Crippen LogP contribution in [0.3, 0.4) is 0 Å². The van der Waals surface area contributed by atoms with Crippen LogP contribution in [0.2, 0.25) is 0 Å². The van der Waals surface area contributed by atoms with Crippen LogP contribution < -0.4 is 16.2 Å². The predicted octanol–water partition coefficient (Wildman–Crippen LogP) is -1.10. The van der Waals surface area contributed by atoms with E-state index in [0.29, 0.717) is 12.6 Å². The second-order valence-corrected chi connectivity index (χ2v) is 10.9. The van der Waals surface area contributed by atoms with Crippen molar-refractivity contribution in [2.75, 3.05) is 60.3 Å². The molecule has 0 saturated heterocycles. The zero-order chi connectivity index (χ0) is 33.8. The first-order valence-electron chi connectivity index (χ1n) is 13.3. The molecule has 15 heteroatoms. The van der Waals surface area contributed by atoms with E-state index in [1.54, 1.807) is 0 Å². The molecule has 0 spiro atoms. The van der Waals surface area contributed by atoms with Crippen LogP contribution in [-0.4, -0.2) is 124 Å². The summed E-state index contributed by atoms with van der Waals surface area (Å²) in [6, 6.07) is 25.6. The largest absolute Gasteiger partial charge is 0.759 e. The van der Waals surface area contributed by atoms with Crippen LogP contribution in [0.15, 0.2) is 72.8 Å². The molecule has 0 radical (unpaired) electrons. The second kappa shape index (κ2) is 21.1. The Balaban J connectivity index is 0.000000723. The molecule has 0 aliphatic heterocycles. The molecule has 0 bridgehead atoms. The van der Waals surface area contributed by atoms with Crippen molar-refractivity contribution in [2.24, 2.45) is 11.5 Å². The van der Waals surface area contributed by atoms with Gasteiger partial charge in [-0.05, 0) is 31.1 Å². The number of benzene rings is 3. The van der Waals surface area contributed by atoms with E-state index < -0.39 is 61.1 Å². The molecule has 44 heavy (non-hydrogen) atoms. The van der Waals surface area contributed by atoms with Crippen LogP contribution in [0.4, 0.5) is 0 Å². The first-order chi connectivity index (χ1) is 20.6. The van der Waals surface area contributed by atoms with E-state index in [2.05, 4.69) is 91.8 Å². The average Bonchev–Trinajstić information content (AvgIpc) is 3.02. The maximum Gasteiger partial charge on any atom is 0.127 e. The molecule has 0 heterocycles. The number of hydrogen-bond donors (Lipinski definition) is 8. The normalized spacial score (nSPS) is 12.2. The SMILES string of the molecule is CN(C)[C@@H](CCOc1cccc2ccccc12)c1ccccc1.NC(CO)(CO)CO.NC(CO)(CO)CO.O=S(=O)([O-])[O-]. The quantitative estimate of drug-likeness (QED) is 0.0860. The van der Waals surface area contributed by atoms with Crippen molar-refractivity contribution < 1.29 is 52.9 Å². The first kappa shape index (κ1) is 41.2. The van der Waals surface area contributed by atoms with Gasteiger partial charge in [-0.15, -0.1) is 0 Å². The second-order valence-electron chi connectivity index (χ2n) is 10.1. The highest BCUT2D eigenvalue weighted by Gasteiger charge is 2.21. The fraction of sp³-hybridized carbons (Fsp3) is 0.448. The lowest BCUT2D eigenvalue weighted by molar-refractivity contribution is 0.0695. The highest BCUT2D eigenvalue weighted by molar-refractivity contribution is 7.79. The van der Waals surface area contributed by atoms with Gasteiger partial charge < -0.3 is 60.8 Å².